The number of aliphatic hydroxyl groups is 1. The number of β-amino-alcohol motifs (C(OH)–C–C–N with tert-alkyl or cyclic N) is 1. The van der Waals surface area contributed by atoms with E-state index in [2.05, 4.69) is 5.32 Å². The van der Waals surface area contributed by atoms with Crippen LogP contribution in [0.5, 0.6) is 11.5 Å². The molecule has 7 nitrogen and oxygen atoms in total. The van der Waals surface area contributed by atoms with Crippen LogP contribution in [0.25, 0.3) is 10.8 Å². The van der Waals surface area contributed by atoms with E-state index < -0.39 is 23.6 Å². The van der Waals surface area contributed by atoms with Crippen molar-refractivity contribution in [3.63, 3.8) is 0 Å². The van der Waals surface area contributed by atoms with Gasteiger partial charge in [0.2, 0.25) is 0 Å². The Morgan fingerprint density at radius 3 is 2.31 bits per heavy atom. The van der Waals surface area contributed by atoms with Gasteiger partial charge in [0, 0.05) is 0 Å². The molecule has 3 aromatic rings. The average molecular weight is 434 g/mol. The fraction of sp³-hybridized carbons (Fsp3) is 0.280. The maximum Gasteiger partial charge on any atom is 0.325 e. The molecule has 1 aliphatic heterocycles. The number of aliphatic hydroxyl groups excluding tert-OH is 1. The molecular weight excluding hydrogens is 408 g/mol. The number of rotatable bonds is 8. The molecule has 1 fully saturated rings. The Morgan fingerprint density at radius 1 is 0.969 bits per heavy atom. The minimum absolute atomic E-state index is 0.0578. The van der Waals surface area contributed by atoms with Crippen LogP contribution in [0.1, 0.15) is 19.4 Å². The van der Waals surface area contributed by atoms with E-state index in [-0.39, 0.29) is 13.2 Å². The SMILES string of the molecule is CCOc1ccc(OCC(O)CN2C(=O)NC(C)(c3ccc4ccccc4c3)C2=O)cc1. The van der Waals surface area contributed by atoms with Gasteiger partial charge in [-0.15, -0.1) is 0 Å². The summed E-state index contributed by atoms with van der Waals surface area (Å²) in [4.78, 5) is 26.8. The van der Waals surface area contributed by atoms with Gasteiger partial charge in [-0.25, -0.2) is 4.79 Å². The molecule has 0 aliphatic carbocycles. The molecule has 3 amide bonds. The molecule has 2 N–H and O–H groups in total. The Morgan fingerprint density at radius 2 is 1.62 bits per heavy atom. The molecule has 1 heterocycles. The maximum absolute atomic E-state index is 13.2. The van der Waals surface area contributed by atoms with Gasteiger partial charge in [0.05, 0.1) is 13.2 Å². The Kier molecular flexibility index (Phi) is 6.01. The van der Waals surface area contributed by atoms with E-state index in [0.29, 0.717) is 17.9 Å². The van der Waals surface area contributed by atoms with Crippen LogP contribution in [0.4, 0.5) is 4.79 Å². The number of amides is 3. The van der Waals surface area contributed by atoms with E-state index >= 15 is 0 Å². The fourth-order valence-electron chi connectivity index (χ4n) is 3.81. The molecule has 3 aromatic carbocycles. The van der Waals surface area contributed by atoms with Crippen LogP contribution in [0.15, 0.2) is 66.7 Å². The van der Waals surface area contributed by atoms with Crippen LogP contribution in [0, 0.1) is 0 Å². The largest absolute Gasteiger partial charge is 0.494 e. The topological polar surface area (TPSA) is 88.1 Å². The summed E-state index contributed by atoms with van der Waals surface area (Å²) in [7, 11) is 0. The number of carbonyl (C=O) groups is 2. The second-order valence-corrected chi connectivity index (χ2v) is 7.90. The van der Waals surface area contributed by atoms with Crippen LogP contribution in [-0.2, 0) is 10.3 Å². The van der Waals surface area contributed by atoms with Crippen molar-refractivity contribution >= 4 is 22.7 Å². The smallest absolute Gasteiger partial charge is 0.325 e. The summed E-state index contributed by atoms with van der Waals surface area (Å²) in [5.74, 6) is 0.885. The molecule has 0 aromatic heterocycles. The lowest BCUT2D eigenvalue weighted by Crippen LogP contribution is -2.42. The lowest BCUT2D eigenvalue weighted by atomic mass is 9.90. The van der Waals surface area contributed by atoms with E-state index in [1.54, 1.807) is 31.2 Å². The summed E-state index contributed by atoms with van der Waals surface area (Å²) in [6.45, 7) is 3.94. The predicted molar refractivity (Wildman–Crippen MR) is 121 cm³/mol. The van der Waals surface area contributed by atoms with E-state index in [1.165, 1.54) is 0 Å². The molecule has 4 rings (SSSR count). The van der Waals surface area contributed by atoms with Crippen LogP contribution >= 0.6 is 0 Å². The number of hydrogen-bond donors (Lipinski definition) is 2. The second kappa shape index (κ2) is 8.88. The number of urea groups is 1. The first-order valence-corrected chi connectivity index (χ1v) is 10.6. The molecule has 32 heavy (non-hydrogen) atoms. The Bertz CT molecular complexity index is 1130. The van der Waals surface area contributed by atoms with E-state index in [1.807, 2.05) is 49.4 Å². The zero-order valence-corrected chi connectivity index (χ0v) is 18.1. The van der Waals surface area contributed by atoms with E-state index in [9.17, 15) is 14.7 Å². The molecule has 1 aliphatic rings. The Labute approximate surface area is 186 Å². The normalized spacial score (nSPS) is 19.2. The highest BCUT2D eigenvalue weighted by atomic mass is 16.5. The number of nitrogens with zero attached hydrogens (tertiary/aromatic N) is 1. The molecule has 0 radical (unpaired) electrons. The standard InChI is InChI=1S/C25H26N2O5/c1-3-31-21-10-12-22(13-11-21)32-16-20(28)15-27-23(29)25(2,26-24(27)30)19-9-8-17-6-4-5-7-18(17)14-19/h4-14,20,28H,3,15-16H2,1-2H3,(H,26,30). The van der Waals surface area contributed by atoms with Crippen molar-refractivity contribution in [3.05, 3.63) is 72.3 Å². The van der Waals surface area contributed by atoms with Crippen molar-refractivity contribution < 1.29 is 24.2 Å². The summed E-state index contributed by atoms with van der Waals surface area (Å²) >= 11 is 0. The third kappa shape index (κ3) is 4.24. The first kappa shape index (κ1) is 21.6. The van der Waals surface area contributed by atoms with Gasteiger partial charge in [-0.1, -0.05) is 36.4 Å². The average Bonchev–Trinajstić information content (AvgIpc) is 3.02. The molecule has 2 unspecified atom stereocenters. The number of ether oxygens (including phenoxy) is 2. The Hall–Kier alpha value is -3.58. The zero-order valence-electron chi connectivity index (χ0n) is 18.1. The van der Waals surface area contributed by atoms with Crippen LogP contribution in [0.2, 0.25) is 0 Å². The minimum atomic E-state index is -1.20. The summed E-state index contributed by atoms with van der Waals surface area (Å²) in [5, 5.41) is 15.2. The van der Waals surface area contributed by atoms with Crippen LogP contribution in [-0.4, -0.2) is 47.8 Å². The third-order valence-electron chi connectivity index (χ3n) is 5.57. The van der Waals surface area contributed by atoms with Crippen LogP contribution < -0.4 is 14.8 Å². The van der Waals surface area contributed by atoms with Crippen molar-refractivity contribution in [2.24, 2.45) is 0 Å². The zero-order chi connectivity index (χ0) is 22.7. The van der Waals surface area contributed by atoms with Gasteiger partial charge < -0.3 is 19.9 Å². The summed E-state index contributed by atoms with van der Waals surface area (Å²) in [6.07, 6.45) is -1.03. The lowest BCUT2D eigenvalue weighted by Gasteiger charge is -2.23. The highest BCUT2D eigenvalue weighted by Gasteiger charge is 2.49. The van der Waals surface area contributed by atoms with E-state index in [4.69, 9.17) is 9.47 Å². The van der Waals surface area contributed by atoms with Gasteiger partial charge in [0.15, 0.2) is 0 Å². The minimum Gasteiger partial charge on any atom is -0.494 e. The molecule has 0 spiro atoms. The van der Waals surface area contributed by atoms with Crippen molar-refractivity contribution in [1.29, 1.82) is 0 Å². The highest BCUT2D eigenvalue weighted by Crippen LogP contribution is 2.31. The van der Waals surface area contributed by atoms with Crippen LogP contribution in [0.3, 0.4) is 0 Å². The number of benzene rings is 3. The number of nitrogens with one attached hydrogen (secondary N) is 1. The van der Waals surface area contributed by atoms with Gasteiger partial charge >= 0.3 is 6.03 Å². The third-order valence-corrected chi connectivity index (χ3v) is 5.57. The first-order chi connectivity index (χ1) is 15.4. The first-order valence-electron chi connectivity index (χ1n) is 10.6. The summed E-state index contributed by atoms with van der Waals surface area (Å²) < 4.78 is 11.0. The molecule has 2 atom stereocenters. The lowest BCUT2D eigenvalue weighted by molar-refractivity contribution is -0.132. The van der Waals surface area contributed by atoms with Crippen molar-refractivity contribution in [2.75, 3.05) is 19.8 Å². The van der Waals surface area contributed by atoms with Gasteiger partial charge in [0.25, 0.3) is 5.91 Å². The summed E-state index contributed by atoms with van der Waals surface area (Å²) in [5.41, 5.74) is -0.506. The van der Waals surface area contributed by atoms with E-state index in [0.717, 1.165) is 21.4 Å². The fourth-order valence-corrected chi connectivity index (χ4v) is 3.81. The van der Waals surface area contributed by atoms with Gasteiger partial charge in [0.1, 0.15) is 29.7 Å². The van der Waals surface area contributed by atoms with Gasteiger partial charge in [-0.05, 0) is 60.5 Å². The van der Waals surface area contributed by atoms with Crippen molar-refractivity contribution in [1.82, 2.24) is 10.2 Å². The molecule has 166 valence electrons. The van der Waals surface area contributed by atoms with Gasteiger partial charge in [-0.2, -0.15) is 0 Å². The van der Waals surface area contributed by atoms with Crippen molar-refractivity contribution in [2.45, 2.75) is 25.5 Å². The molecule has 0 bridgehead atoms. The Balaban J connectivity index is 1.41. The number of hydrogen-bond acceptors (Lipinski definition) is 5. The molecule has 0 saturated carbocycles. The highest BCUT2D eigenvalue weighted by molar-refractivity contribution is 6.07. The van der Waals surface area contributed by atoms with Crippen molar-refractivity contribution in [3.8, 4) is 11.5 Å². The monoisotopic (exact) mass is 434 g/mol. The second-order valence-electron chi connectivity index (χ2n) is 7.90. The summed E-state index contributed by atoms with van der Waals surface area (Å²) in [6, 6.07) is 20.0. The number of carbonyl (C=O) groups excluding carboxylic acids is 2. The number of fused-ring (bicyclic) bond motifs is 1. The predicted octanol–water partition coefficient (Wildman–Crippen LogP) is 3.45. The molecule has 1 saturated heterocycles. The number of imide groups is 1. The maximum atomic E-state index is 13.2. The quantitative estimate of drug-likeness (QED) is 0.530. The molecule has 7 heteroatoms. The molecular formula is C25H26N2O5. The van der Waals surface area contributed by atoms with Gasteiger partial charge in [-0.3, -0.25) is 9.69 Å².